The number of nitrogens with zero attached hydrogens (tertiary/aromatic N) is 1. The largest absolute Gasteiger partial charge is 0.344 e. The molecule has 1 atom stereocenters. The molecule has 8 heteroatoms. The van der Waals surface area contributed by atoms with Crippen LogP contribution in [0.25, 0.3) is 0 Å². The molecule has 0 spiro atoms. The van der Waals surface area contributed by atoms with E-state index < -0.39 is 26.4 Å². The topological polar surface area (TPSA) is 66.5 Å². The van der Waals surface area contributed by atoms with Gasteiger partial charge in [-0.3, -0.25) is 4.79 Å². The average Bonchev–Trinajstić information content (AvgIpc) is 2.61. The molecule has 140 valence electrons. The molecule has 0 aliphatic carbocycles. The minimum atomic E-state index is -4.67. The minimum Gasteiger partial charge on any atom is -0.344 e. The maximum absolute atomic E-state index is 12.6. The molecule has 0 radical (unpaired) electrons. The first-order valence-electron chi connectivity index (χ1n) is 7.84. The number of amides is 1. The average molecular weight is 382 g/mol. The second-order valence-corrected chi connectivity index (χ2v) is 7.95. The molecule has 0 heterocycles. The van der Waals surface area contributed by atoms with Gasteiger partial charge < -0.3 is 10.2 Å². The van der Waals surface area contributed by atoms with Crippen molar-refractivity contribution < 1.29 is 22.0 Å². The molecule has 1 amide bonds. The summed E-state index contributed by atoms with van der Waals surface area (Å²) in [6.07, 6.45) is 0. The highest BCUT2D eigenvalue weighted by Gasteiger charge is 2.26. The van der Waals surface area contributed by atoms with Crippen LogP contribution in [0.3, 0.4) is 0 Å². The Balaban J connectivity index is 2.19. The van der Waals surface area contributed by atoms with E-state index in [1.807, 2.05) is 49.3 Å². The van der Waals surface area contributed by atoms with Crippen LogP contribution in [0.1, 0.15) is 22.0 Å². The molecule has 2 aromatic rings. The third-order valence-corrected chi connectivity index (χ3v) is 5.13. The van der Waals surface area contributed by atoms with Crippen LogP contribution in [0.15, 0.2) is 59.5 Å². The van der Waals surface area contributed by atoms with Gasteiger partial charge in [-0.1, -0.05) is 30.3 Å². The van der Waals surface area contributed by atoms with Crippen LogP contribution in [-0.4, -0.2) is 45.6 Å². The number of halogens is 2. The van der Waals surface area contributed by atoms with E-state index in [4.69, 9.17) is 0 Å². The van der Waals surface area contributed by atoms with Crippen LogP contribution >= 0.6 is 0 Å². The first-order valence-corrected chi connectivity index (χ1v) is 9.39. The summed E-state index contributed by atoms with van der Waals surface area (Å²) in [7, 11) is -0.911. The van der Waals surface area contributed by atoms with Crippen molar-refractivity contribution in [3.8, 4) is 0 Å². The first-order chi connectivity index (χ1) is 12.2. The molecule has 1 N–H and O–H groups in total. The highest BCUT2D eigenvalue weighted by atomic mass is 32.2. The van der Waals surface area contributed by atoms with Crippen LogP contribution in [0.2, 0.25) is 0 Å². The van der Waals surface area contributed by atoms with Crippen LogP contribution in [-0.2, 0) is 9.84 Å². The van der Waals surface area contributed by atoms with Gasteiger partial charge in [0.2, 0.25) is 9.84 Å². The maximum Gasteiger partial charge on any atom is 0.341 e. The highest BCUT2D eigenvalue weighted by Crippen LogP contribution is 2.19. The predicted octanol–water partition coefficient (Wildman–Crippen LogP) is 2.72. The molecule has 0 aromatic heterocycles. The fraction of sp³-hybridized carbons (Fsp3) is 0.278. The molecule has 0 saturated heterocycles. The van der Waals surface area contributed by atoms with Gasteiger partial charge in [-0.2, -0.15) is 8.78 Å². The van der Waals surface area contributed by atoms with E-state index >= 15 is 0 Å². The van der Waals surface area contributed by atoms with Crippen LogP contribution < -0.4 is 5.32 Å². The summed E-state index contributed by atoms with van der Waals surface area (Å²) in [4.78, 5) is 13.9. The molecular formula is C18H20F2N2O3S. The molecule has 2 aromatic carbocycles. The van der Waals surface area contributed by atoms with Crippen molar-refractivity contribution in [3.05, 3.63) is 65.7 Å². The Bertz CT molecular complexity index is 838. The van der Waals surface area contributed by atoms with Crippen LogP contribution in [0.5, 0.6) is 0 Å². The van der Waals surface area contributed by atoms with Gasteiger partial charge in [0.15, 0.2) is 0 Å². The zero-order valence-electron chi connectivity index (χ0n) is 14.4. The Kier molecular flexibility index (Phi) is 6.44. The number of sulfone groups is 1. The van der Waals surface area contributed by atoms with Gasteiger partial charge in [-0.15, -0.1) is 0 Å². The Morgan fingerprint density at radius 1 is 1.04 bits per heavy atom. The smallest absolute Gasteiger partial charge is 0.341 e. The van der Waals surface area contributed by atoms with Gasteiger partial charge >= 0.3 is 5.76 Å². The SMILES string of the molecule is CN(C)C[C@@H](NC(=O)c1ccc(S(=O)(=O)C(F)F)cc1)c1ccccc1. The van der Waals surface area contributed by atoms with Crippen LogP contribution in [0.4, 0.5) is 8.78 Å². The Labute approximate surface area is 151 Å². The Morgan fingerprint density at radius 3 is 2.12 bits per heavy atom. The summed E-state index contributed by atoms with van der Waals surface area (Å²) in [6, 6.07) is 13.6. The highest BCUT2D eigenvalue weighted by molar-refractivity contribution is 7.91. The normalized spacial score (nSPS) is 13.0. The minimum absolute atomic E-state index is 0.193. The van der Waals surface area contributed by atoms with Gasteiger partial charge in [-0.05, 0) is 43.9 Å². The molecule has 0 fully saturated rings. The lowest BCUT2D eigenvalue weighted by Gasteiger charge is -2.23. The summed E-state index contributed by atoms with van der Waals surface area (Å²) in [5.74, 6) is -3.91. The number of hydrogen-bond acceptors (Lipinski definition) is 4. The molecule has 2 rings (SSSR count). The fourth-order valence-electron chi connectivity index (χ4n) is 2.43. The number of likely N-dealkylation sites (N-methyl/N-ethyl adjacent to an activating group) is 1. The third kappa shape index (κ3) is 4.86. The van der Waals surface area contributed by atoms with Crippen molar-refractivity contribution >= 4 is 15.7 Å². The third-order valence-electron chi connectivity index (χ3n) is 3.73. The number of hydrogen-bond donors (Lipinski definition) is 1. The molecule has 0 unspecified atom stereocenters. The lowest BCUT2D eigenvalue weighted by Crippen LogP contribution is -2.35. The van der Waals surface area contributed by atoms with Gasteiger partial charge in [-0.25, -0.2) is 8.42 Å². The zero-order chi connectivity index (χ0) is 19.3. The van der Waals surface area contributed by atoms with Crippen molar-refractivity contribution in [2.45, 2.75) is 16.7 Å². The standard InChI is InChI=1S/C18H20F2N2O3S/c1-22(2)12-16(13-6-4-3-5-7-13)21-17(23)14-8-10-15(11-9-14)26(24,25)18(19)20/h3-11,16,18H,12H2,1-2H3,(H,21,23)/t16-/m1/s1. The molecule has 0 aliphatic rings. The molecule has 26 heavy (non-hydrogen) atoms. The van der Waals surface area contributed by atoms with E-state index in [-0.39, 0.29) is 11.6 Å². The van der Waals surface area contributed by atoms with Gasteiger partial charge in [0.1, 0.15) is 0 Å². The lowest BCUT2D eigenvalue weighted by molar-refractivity contribution is 0.0930. The summed E-state index contributed by atoms with van der Waals surface area (Å²) in [5, 5.41) is 2.88. The predicted molar refractivity (Wildman–Crippen MR) is 94.8 cm³/mol. The van der Waals surface area contributed by atoms with E-state index in [9.17, 15) is 22.0 Å². The number of rotatable bonds is 7. The van der Waals surface area contributed by atoms with Crippen molar-refractivity contribution in [3.63, 3.8) is 0 Å². The number of carbonyl (C=O) groups is 1. The number of benzene rings is 2. The lowest BCUT2D eigenvalue weighted by atomic mass is 10.1. The van der Waals surface area contributed by atoms with Crippen molar-refractivity contribution in [1.82, 2.24) is 10.2 Å². The molecular weight excluding hydrogens is 362 g/mol. The van der Waals surface area contributed by atoms with Gasteiger partial charge in [0.05, 0.1) is 10.9 Å². The van der Waals surface area contributed by atoms with Gasteiger partial charge in [0, 0.05) is 12.1 Å². The zero-order valence-corrected chi connectivity index (χ0v) is 15.2. The fourth-order valence-corrected chi connectivity index (χ4v) is 3.15. The molecule has 5 nitrogen and oxygen atoms in total. The van der Waals surface area contributed by atoms with Crippen molar-refractivity contribution in [2.75, 3.05) is 20.6 Å². The second kappa shape index (κ2) is 8.37. The van der Waals surface area contributed by atoms with E-state index in [1.54, 1.807) is 0 Å². The summed E-state index contributed by atoms with van der Waals surface area (Å²) >= 11 is 0. The summed E-state index contributed by atoms with van der Waals surface area (Å²) < 4.78 is 48.0. The Hall–Kier alpha value is -2.32. The number of nitrogens with one attached hydrogen (secondary N) is 1. The summed E-state index contributed by atoms with van der Waals surface area (Å²) in [6.45, 7) is 0.563. The first kappa shape index (κ1) is 20.0. The summed E-state index contributed by atoms with van der Waals surface area (Å²) in [5.41, 5.74) is 1.12. The van der Waals surface area contributed by atoms with Crippen LogP contribution in [0, 0.1) is 0 Å². The van der Waals surface area contributed by atoms with E-state index in [1.165, 1.54) is 12.1 Å². The van der Waals surface area contributed by atoms with Crippen molar-refractivity contribution in [2.24, 2.45) is 0 Å². The van der Waals surface area contributed by atoms with E-state index in [0.717, 1.165) is 17.7 Å². The maximum atomic E-state index is 12.6. The second-order valence-electron chi connectivity index (χ2n) is 6.03. The van der Waals surface area contributed by atoms with Gasteiger partial charge in [0.25, 0.3) is 5.91 Å². The van der Waals surface area contributed by atoms with Crippen molar-refractivity contribution in [1.29, 1.82) is 0 Å². The van der Waals surface area contributed by atoms with E-state index in [2.05, 4.69) is 5.32 Å². The molecule has 0 aliphatic heterocycles. The van der Waals surface area contributed by atoms with E-state index in [0.29, 0.717) is 6.54 Å². The molecule has 0 saturated carbocycles. The number of carbonyl (C=O) groups excluding carboxylic acids is 1. The Morgan fingerprint density at radius 2 is 1.62 bits per heavy atom. The monoisotopic (exact) mass is 382 g/mol. The molecule has 0 bridgehead atoms. The number of alkyl halides is 2. The quantitative estimate of drug-likeness (QED) is 0.800.